The highest BCUT2D eigenvalue weighted by Crippen LogP contribution is 2.20. The summed E-state index contributed by atoms with van der Waals surface area (Å²) in [5.41, 5.74) is 1.66. The van der Waals surface area contributed by atoms with Gasteiger partial charge in [0.05, 0.1) is 19.9 Å². The summed E-state index contributed by atoms with van der Waals surface area (Å²) in [6.07, 6.45) is 2.40. The van der Waals surface area contributed by atoms with Gasteiger partial charge in [0.25, 0.3) is 5.91 Å². The third-order valence-electron chi connectivity index (χ3n) is 3.32. The van der Waals surface area contributed by atoms with Gasteiger partial charge in [0.1, 0.15) is 11.5 Å². The Morgan fingerprint density at radius 1 is 1.37 bits per heavy atom. The van der Waals surface area contributed by atoms with Crippen LogP contribution in [0.5, 0.6) is 5.75 Å². The minimum Gasteiger partial charge on any atom is -0.497 e. The molecule has 19 heavy (non-hydrogen) atoms. The second kappa shape index (κ2) is 4.76. The third-order valence-corrected chi connectivity index (χ3v) is 3.32. The summed E-state index contributed by atoms with van der Waals surface area (Å²) in [4.78, 5) is 14.2. The van der Waals surface area contributed by atoms with Gasteiger partial charge in [-0.3, -0.25) is 4.79 Å². The van der Waals surface area contributed by atoms with Crippen molar-refractivity contribution in [1.82, 2.24) is 10.1 Å². The van der Waals surface area contributed by atoms with Crippen LogP contribution in [0.2, 0.25) is 0 Å². The van der Waals surface area contributed by atoms with Crippen LogP contribution in [0.15, 0.2) is 35.0 Å². The molecule has 0 fully saturated rings. The zero-order chi connectivity index (χ0) is 13.2. The molecule has 1 aromatic heterocycles. The van der Waals surface area contributed by atoms with Crippen LogP contribution in [0.25, 0.3) is 0 Å². The molecule has 0 bridgehead atoms. The van der Waals surface area contributed by atoms with Crippen molar-refractivity contribution in [2.24, 2.45) is 0 Å². The number of carbonyl (C=O) groups is 1. The quantitative estimate of drug-likeness (QED) is 0.825. The molecular weight excluding hydrogens is 244 g/mol. The number of methoxy groups -OCH3 is 1. The minimum atomic E-state index is 0.0227. The van der Waals surface area contributed by atoms with E-state index < -0.39 is 0 Å². The zero-order valence-corrected chi connectivity index (χ0v) is 10.6. The smallest absolute Gasteiger partial charge is 0.254 e. The van der Waals surface area contributed by atoms with E-state index in [1.807, 2.05) is 0 Å². The fourth-order valence-corrected chi connectivity index (χ4v) is 2.23. The molecule has 2 aromatic rings. The second-order valence-corrected chi connectivity index (χ2v) is 4.48. The molecule has 5 heteroatoms. The van der Waals surface area contributed by atoms with Gasteiger partial charge < -0.3 is 14.2 Å². The maximum atomic E-state index is 12.4. The summed E-state index contributed by atoms with van der Waals surface area (Å²) >= 11 is 0. The molecule has 5 nitrogen and oxygen atoms in total. The fraction of sp³-hybridized carbons (Fsp3) is 0.286. The van der Waals surface area contributed by atoms with Crippen molar-refractivity contribution in [3.8, 4) is 5.75 Å². The van der Waals surface area contributed by atoms with Crippen molar-refractivity contribution in [1.29, 1.82) is 0 Å². The molecule has 0 saturated carbocycles. The number of nitrogens with zero attached hydrogens (tertiary/aromatic N) is 2. The first-order valence-corrected chi connectivity index (χ1v) is 6.13. The van der Waals surface area contributed by atoms with Crippen LogP contribution in [-0.4, -0.2) is 29.6 Å². The average molecular weight is 258 g/mol. The molecule has 1 aromatic carbocycles. The molecule has 0 aliphatic carbocycles. The van der Waals surface area contributed by atoms with Crippen molar-refractivity contribution in [2.75, 3.05) is 13.7 Å². The molecule has 0 N–H and O–H groups in total. The van der Waals surface area contributed by atoms with Crippen LogP contribution in [-0.2, 0) is 13.0 Å². The van der Waals surface area contributed by atoms with E-state index in [2.05, 4.69) is 5.16 Å². The highest BCUT2D eigenvalue weighted by Gasteiger charge is 2.24. The van der Waals surface area contributed by atoms with Gasteiger partial charge in [0.2, 0.25) is 0 Å². The van der Waals surface area contributed by atoms with Crippen molar-refractivity contribution in [3.63, 3.8) is 0 Å². The Labute approximate surface area is 110 Å². The fourth-order valence-electron chi connectivity index (χ4n) is 2.23. The number of fused-ring (bicyclic) bond motifs is 1. The maximum absolute atomic E-state index is 12.4. The van der Waals surface area contributed by atoms with Crippen LogP contribution in [0.4, 0.5) is 0 Å². The van der Waals surface area contributed by atoms with Gasteiger partial charge in [-0.2, -0.15) is 0 Å². The molecule has 1 aliphatic heterocycles. The third kappa shape index (κ3) is 2.19. The van der Waals surface area contributed by atoms with Crippen molar-refractivity contribution in [3.05, 3.63) is 47.3 Å². The van der Waals surface area contributed by atoms with E-state index in [-0.39, 0.29) is 5.91 Å². The highest BCUT2D eigenvalue weighted by atomic mass is 16.5. The van der Waals surface area contributed by atoms with E-state index in [9.17, 15) is 4.79 Å². The lowest BCUT2D eigenvalue weighted by Crippen LogP contribution is -2.35. The van der Waals surface area contributed by atoms with Crippen LogP contribution >= 0.6 is 0 Å². The number of amides is 1. The predicted molar refractivity (Wildman–Crippen MR) is 67.9 cm³/mol. The van der Waals surface area contributed by atoms with Gasteiger partial charge in [0, 0.05) is 24.1 Å². The molecule has 98 valence electrons. The lowest BCUT2D eigenvalue weighted by Gasteiger charge is -2.25. The number of rotatable bonds is 2. The van der Waals surface area contributed by atoms with Crippen LogP contribution in [0.3, 0.4) is 0 Å². The van der Waals surface area contributed by atoms with Gasteiger partial charge >= 0.3 is 0 Å². The van der Waals surface area contributed by atoms with Crippen molar-refractivity contribution in [2.45, 2.75) is 13.0 Å². The minimum absolute atomic E-state index is 0.0227. The van der Waals surface area contributed by atoms with E-state index in [0.29, 0.717) is 18.7 Å². The molecule has 0 unspecified atom stereocenters. The van der Waals surface area contributed by atoms with Crippen LogP contribution in [0.1, 0.15) is 21.7 Å². The van der Waals surface area contributed by atoms with E-state index in [1.165, 1.54) is 0 Å². The lowest BCUT2D eigenvalue weighted by molar-refractivity contribution is 0.0729. The summed E-state index contributed by atoms with van der Waals surface area (Å²) in [7, 11) is 1.61. The van der Waals surface area contributed by atoms with Crippen molar-refractivity contribution >= 4 is 5.91 Å². The van der Waals surface area contributed by atoms with E-state index >= 15 is 0 Å². The predicted octanol–water partition coefficient (Wildman–Crippen LogP) is 1.88. The van der Waals surface area contributed by atoms with E-state index in [1.54, 1.807) is 42.5 Å². The monoisotopic (exact) mass is 258 g/mol. The van der Waals surface area contributed by atoms with E-state index in [0.717, 1.165) is 23.5 Å². The molecule has 3 rings (SSSR count). The van der Waals surface area contributed by atoms with Gasteiger partial charge in [-0.1, -0.05) is 5.16 Å². The Bertz CT molecular complexity index is 589. The van der Waals surface area contributed by atoms with Gasteiger partial charge in [-0.05, 0) is 24.3 Å². The summed E-state index contributed by atoms with van der Waals surface area (Å²) in [6.45, 7) is 1.22. The first kappa shape index (κ1) is 11.8. The molecule has 0 atom stereocenters. The second-order valence-electron chi connectivity index (χ2n) is 4.48. The molecule has 1 amide bonds. The topological polar surface area (TPSA) is 55.6 Å². The zero-order valence-electron chi connectivity index (χ0n) is 10.6. The molecular formula is C14H14N2O3. The number of carbonyl (C=O) groups excluding carboxylic acids is 1. The van der Waals surface area contributed by atoms with Gasteiger partial charge in [0.15, 0.2) is 0 Å². The molecule has 0 radical (unpaired) electrons. The Balaban J connectivity index is 1.77. The number of hydrogen-bond donors (Lipinski definition) is 0. The molecule has 0 spiro atoms. The molecule has 1 aliphatic rings. The number of ether oxygens (including phenoxy) is 1. The van der Waals surface area contributed by atoms with Gasteiger partial charge in [-0.15, -0.1) is 0 Å². The van der Waals surface area contributed by atoms with Crippen LogP contribution in [0, 0.1) is 0 Å². The first-order chi connectivity index (χ1) is 9.28. The standard InChI is InChI=1S/C14H14N2O3/c1-18-12-4-2-10(3-5-12)14(17)16-7-6-13-11(9-16)8-15-19-13/h2-5,8H,6-7,9H2,1H3. The lowest BCUT2D eigenvalue weighted by atomic mass is 10.1. The Kier molecular flexibility index (Phi) is 2.95. The first-order valence-electron chi connectivity index (χ1n) is 6.13. The highest BCUT2D eigenvalue weighted by molar-refractivity contribution is 5.94. The maximum Gasteiger partial charge on any atom is 0.254 e. The molecule has 0 saturated heterocycles. The Hall–Kier alpha value is -2.30. The summed E-state index contributed by atoms with van der Waals surface area (Å²) in [5.74, 6) is 1.66. The Morgan fingerprint density at radius 3 is 2.89 bits per heavy atom. The largest absolute Gasteiger partial charge is 0.497 e. The SMILES string of the molecule is COc1ccc(C(=O)N2CCc3oncc3C2)cc1. The normalized spacial score (nSPS) is 14.1. The van der Waals surface area contributed by atoms with Crippen molar-refractivity contribution < 1.29 is 14.1 Å². The number of benzene rings is 1. The average Bonchev–Trinajstić information content (AvgIpc) is 2.94. The van der Waals surface area contributed by atoms with Crippen LogP contribution < -0.4 is 4.74 Å². The molecule has 2 heterocycles. The summed E-state index contributed by atoms with van der Waals surface area (Å²) < 4.78 is 10.2. The number of hydrogen-bond acceptors (Lipinski definition) is 4. The van der Waals surface area contributed by atoms with Gasteiger partial charge in [-0.25, -0.2) is 0 Å². The Morgan fingerprint density at radius 2 is 2.16 bits per heavy atom. The number of aromatic nitrogens is 1. The summed E-state index contributed by atoms with van der Waals surface area (Å²) in [6, 6.07) is 7.15. The summed E-state index contributed by atoms with van der Waals surface area (Å²) in [5, 5.41) is 3.76. The van der Waals surface area contributed by atoms with E-state index in [4.69, 9.17) is 9.26 Å².